The summed E-state index contributed by atoms with van der Waals surface area (Å²) in [5, 5.41) is 0. The maximum Gasteiger partial charge on any atom is 0.215 e. The van der Waals surface area contributed by atoms with Crippen molar-refractivity contribution in [3.05, 3.63) is 328 Å². The highest BCUT2D eigenvalue weighted by Gasteiger charge is 2.29. The molecule has 0 aliphatic heterocycles. The van der Waals surface area contributed by atoms with Crippen LogP contribution in [0.25, 0.3) is 140 Å². The number of benzene rings is 5. The van der Waals surface area contributed by atoms with Gasteiger partial charge in [0, 0.05) is 111 Å². The first-order valence-corrected chi connectivity index (χ1v) is 42.4. The van der Waals surface area contributed by atoms with Gasteiger partial charge in [0.2, 0.25) is 28.5 Å². The fourth-order valence-electron chi connectivity index (χ4n) is 16.9. The lowest BCUT2D eigenvalue weighted by atomic mass is 9.86. The van der Waals surface area contributed by atoms with Crippen molar-refractivity contribution in [2.75, 3.05) is 0 Å². The molecule has 15 nitrogen and oxygen atoms in total. The summed E-state index contributed by atoms with van der Waals surface area (Å²) in [6.45, 7) is 23.8. The zero-order valence-electron chi connectivity index (χ0n) is 90.5. The van der Waals surface area contributed by atoms with Gasteiger partial charge in [0.05, 0.1) is 55.4 Å². The third-order valence-corrected chi connectivity index (χ3v) is 23.2. The summed E-state index contributed by atoms with van der Waals surface area (Å²) in [6, 6.07) is 64.1. The van der Waals surface area contributed by atoms with Gasteiger partial charge in [-0.2, -0.15) is 0 Å². The van der Waals surface area contributed by atoms with E-state index in [1.165, 1.54) is 5.56 Å². The van der Waals surface area contributed by atoms with E-state index in [1.54, 1.807) is 70.9 Å². The lowest BCUT2D eigenvalue weighted by molar-refractivity contribution is -0.660. The molecule has 0 unspecified atom stereocenters. The number of imidazole rings is 5. The molecule has 15 aromatic heterocycles. The van der Waals surface area contributed by atoms with E-state index in [0.717, 1.165) is 173 Å². The van der Waals surface area contributed by atoms with Crippen LogP contribution in [0.5, 0.6) is 0 Å². The molecule has 0 aliphatic carbocycles. The summed E-state index contributed by atoms with van der Waals surface area (Å²) < 4.78 is 143. The van der Waals surface area contributed by atoms with Gasteiger partial charge in [-0.25, -0.2) is 47.8 Å². The molecule has 0 atom stereocenters. The fraction of sp³-hybridized carbons (Fsp3) is 0.273. The lowest BCUT2D eigenvalue weighted by Gasteiger charge is -2.19. The Morgan fingerprint density at radius 2 is 0.632 bits per heavy atom. The highest BCUT2D eigenvalue weighted by Crippen LogP contribution is 2.39. The van der Waals surface area contributed by atoms with Crippen molar-refractivity contribution in [2.24, 2.45) is 46.1 Å². The van der Waals surface area contributed by atoms with E-state index in [0.29, 0.717) is 16.7 Å². The van der Waals surface area contributed by atoms with Crippen molar-refractivity contribution in [3.8, 4) is 56.3 Å². The number of aromatic nitrogens is 15. The lowest BCUT2D eigenvalue weighted by Crippen LogP contribution is -2.32. The molecule has 630 valence electrons. The second kappa shape index (κ2) is 34.0. The van der Waals surface area contributed by atoms with Crippen molar-refractivity contribution in [1.82, 2.24) is 46.9 Å². The van der Waals surface area contributed by atoms with Gasteiger partial charge in [0.1, 0.15) is 91.1 Å². The van der Waals surface area contributed by atoms with Gasteiger partial charge in [-0.1, -0.05) is 130 Å². The van der Waals surface area contributed by atoms with Crippen LogP contribution >= 0.6 is 0 Å². The molecule has 0 spiro atoms. The molecule has 15 heterocycles. The molecular formula is C110H120N15+5. The van der Waals surface area contributed by atoms with Gasteiger partial charge in [-0.05, 0) is 244 Å². The third-order valence-electron chi connectivity index (χ3n) is 23.2. The van der Waals surface area contributed by atoms with Gasteiger partial charge < -0.3 is 0 Å². The predicted molar refractivity (Wildman–Crippen MR) is 514 cm³/mol. The first-order chi connectivity index (χ1) is 65.5. The number of rotatable bonds is 9. The molecular weight excluding hydrogens is 1530 g/mol. The number of nitrogens with zero attached hydrogens (tertiary/aromatic N) is 15. The van der Waals surface area contributed by atoms with Crippen molar-refractivity contribution in [2.45, 2.75) is 156 Å². The molecule has 0 saturated carbocycles. The van der Waals surface area contributed by atoms with E-state index in [9.17, 15) is 0 Å². The summed E-state index contributed by atoms with van der Waals surface area (Å²) in [4.78, 5) is 24.3. The Balaban J connectivity index is 0.000000126. The van der Waals surface area contributed by atoms with Crippen LogP contribution in [-0.2, 0) is 48.0 Å². The average Bonchev–Trinajstić information content (AvgIpc) is 1.47. The van der Waals surface area contributed by atoms with Gasteiger partial charge in [0.25, 0.3) is 0 Å². The normalized spacial score (nSPS) is 14.4. The number of pyridine rings is 10. The van der Waals surface area contributed by atoms with Gasteiger partial charge >= 0.3 is 0 Å². The minimum atomic E-state index is -2.44. The Labute approximate surface area is 756 Å². The average molecular weight is 1670 g/mol. The summed E-state index contributed by atoms with van der Waals surface area (Å²) in [6.07, 6.45) is 15.6. The molecule has 0 fully saturated rings. The molecule has 20 rings (SSSR count). The van der Waals surface area contributed by atoms with Crippen molar-refractivity contribution < 1.29 is 43.4 Å². The Hall–Kier alpha value is -13.4. The van der Waals surface area contributed by atoms with Gasteiger partial charge in [-0.3, -0.25) is 22.0 Å². The summed E-state index contributed by atoms with van der Waals surface area (Å²) in [5.41, 5.74) is 31.7. The topological polar surface area (TPSA) is 106 Å². The Morgan fingerprint density at radius 3 is 0.968 bits per heavy atom. The minimum absolute atomic E-state index is 0.0310. The zero-order valence-corrected chi connectivity index (χ0v) is 75.5. The Morgan fingerprint density at radius 1 is 0.320 bits per heavy atom. The van der Waals surface area contributed by atoms with Crippen LogP contribution in [0, 0.1) is 72.9 Å². The molecule has 0 radical (unpaired) electrons. The molecule has 15 heteroatoms. The van der Waals surface area contributed by atoms with Crippen LogP contribution in [0.4, 0.5) is 0 Å². The molecule has 0 aliphatic rings. The summed E-state index contributed by atoms with van der Waals surface area (Å²) in [5.74, 6) is -1.68. The zero-order chi connectivity index (χ0) is 101. The van der Waals surface area contributed by atoms with Crippen LogP contribution in [0.1, 0.15) is 174 Å². The van der Waals surface area contributed by atoms with E-state index in [4.69, 9.17) is 45.5 Å². The quantitative estimate of drug-likeness (QED) is 0.134. The van der Waals surface area contributed by atoms with Gasteiger partial charge in [-0.15, -0.1) is 0 Å². The highest BCUT2D eigenvalue weighted by molar-refractivity contribution is 5.99. The molecule has 20 aromatic rings. The minimum Gasteiger partial charge on any atom is -0.300 e. The van der Waals surface area contributed by atoms with E-state index >= 15 is 0 Å². The van der Waals surface area contributed by atoms with Crippen LogP contribution in [0.15, 0.2) is 256 Å². The van der Waals surface area contributed by atoms with Crippen LogP contribution in [0.3, 0.4) is 0 Å². The third kappa shape index (κ3) is 16.8. The maximum atomic E-state index is 8.86. The molecule has 0 amide bonds. The number of aryl methyl sites for hydroxylation is 14. The SMILES string of the molecule is [2H]C(C)(C)c1cc[n+](C)c(-c2c(C)ccc3c2nc2ccccn23)c1.[2H]C([2H])([2H])c1c[n+](C)c(-c2c(C)ccc3c2nc2ccccn23)cc1C.[2H]C([2H])([2H])c1c[n+](C)c(-c2c(C)ccc3c2nc2ccccn23)cc1C([2H])(C)C.[2H]C([2H])([2H])c1c[n+](C)c(-c2c(C)ccc3c2nc2ccccn23)cc1C([2H])([2H])C(C)(C)C.[2H]C([2H])(c1cc[n+](C)c(-c2c(C)ccc3c2nc2ccccn23)c1)C(C)(C)C. The van der Waals surface area contributed by atoms with Crippen molar-refractivity contribution in [3.63, 3.8) is 0 Å². The monoisotopic (exact) mass is 1670 g/mol. The number of hydrogen-bond donors (Lipinski definition) is 0. The van der Waals surface area contributed by atoms with Crippen LogP contribution in [0.2, 0.25) is 0 Å². The number of fused-ring (bicyclic) bond motifs is 15. The molecule has 0 bridgehead atoms. The molecule has 5 aromatic carbocycles. The van der Waals surface area contributed by atoms with Crippen molar-refractivity contribution in [1.29, 1.82) is 0 Å². The van der Waals surface area contributed by atoms with Crippen LogP contribution in [-0.4, -0.2) is 46.9 Å². The second-order valence-electron chi connectivity index (χ2n) is 35.5. The maximum absolute atomic E-state index is 8.86. The second-order valence-corrected chi connectivity index (χ2v) is 35.5. The molecule has 125 heavy (non-hydrogen) atoms. The standard InChI is InChI=1S/C24H28N3.C23H26N3.C22H24N3.C21H22N3.C20H20N3/c1-16-10-11-19-23(25-21-9-7-8-12-27(19)21)22(16)20-13-18(14-24(3,4)5)17(2)15-26(20)6;1-16-9-10-18-22(24-20-8-6-7-12-26(18)20)21(16)19-14-17(11-13-25(19)5)15-23(2,3)4;1-14(2)17-12-19(24(5)13-16(17)4)21-15(3)9-10-18-22(21)23-20-8-6-7-11-25(18)20;1-14(2)16-10-12-23(4)18(13-16)20-15(3)8-9-17-21(20)22-19-7-5-6-11-24(17)19;1-13-8-9-16-20(21-18-7-5-6-10-23(16)18)19(13)17-11-14(2)15(3)12-22(17)4/h7-13,15H,14H2,1-6H3;6-14H,15H2,1-5H3;6-14H,1-5H3;5-14H,1-4H3;5-12H,1-4H3/q5*+1/i2D3,14D2;15D2;4D3,14D;14D;3D3. The summed E-state index contributed by atoms with van der Waals surface area (Å²) in [7, 11) is 9.58. The Kier molecular flexibility index (Phi) is 18.5. The van der Waals surface area contributed by atoms with Crippen molar-refractivity contribution >= 4 is 83.4 Å². The first-order valence-electron chi connectivity index (χ1n) is 49.9. The fourth-order valence-corrected chi connectivity index (χ4v) is 16.9. The number of hydrogen-bond acceptors (Lipinski definition) is 5. The predicted octanol–water partition coefficient (Wildman–Crippen LogP) is 23.1. The van der Waals surface area contributed by atoms with E-state index in [1.807, 2.05) is 283 Å². The van der Waals surface area contributed by atoms with Gasteiger partial charge in [0.15, 0.2) is 31.0 Å². The Bertz CT molecular complexity index is 8290. The first kappa shape index (κ1) is 68.1. The summed E-state index contributed by atoms with van der Waals surface area (Å²) >= 11 is 0. The molecule has 0 N–H and O–H groups in total. The largest absolute Gasteiger partial charge is 0.300 e. The highest BCUT2D eigenvalue weighted by atomic mass is 15.1. The van der Waals surface area contributed by atoms with E-state index in [2.05, 4.69) is 93.1 Å². The van der Waals surface area contributed by atoms with Crippen LogP contribution < -0.4 is 22.8 Å². The van der Waals surface area contributed by atoms with E-state index < -0.39 is 55.9 Å². The molecule has 0 saturated heterocycles. The van der Waals surface area contributed by atoms with E-state index in [-0.39, 0.29) is 16.7 Å². The smallest absolute Gasteiger partial charge is 0.215 e.